The molecule has 0 heterocycles. The van der Waals surface area contributed by atoms with Crippen LogP contribution in [0.1, 0.15) is 13.8 Å². The van der Waals surface area contributed by atoms with Crippen LogP contribution in [0.15, 0.2) is 24.4 Å². The van der Waals surface area contributed by atoms with Crippen molar-refractivity contribution >= 4 is 0 Å². The molecule has 0 saturated carbocycles. The zero-order valence-electron chi connectivity index (χ0n) is 6.33. The van der Waals surface area contributed by atoms with Gasteiger partial charge in [0.15, 0.2) is 0 Å². The zero-order valence-corrected chi connectivity index (χ0v) is 6.33. The van der Waals surface area contributed by atoms with E-state index in [0.29, 0.717) is 6.04 Å². The monoisotopic (exact) mass is 136 g/mol. The average Bonchev–Trinajstić information content (AvgIpc) is 1.89. The molecule has 0 aromatic carbocycles. The fraction of sp³-hybridized carbons (Fsp3) is 0.375. The highest BCUT2D eigenvalue weighted by atomic mass is 14.9. The summed E-state index contributed by atoms with van der Waals surface area (Å²) in [5.74, 6) is 0. The van der Waals surface area contributed by atoms with Gasteiger partial charge < -0.3 is 5.32 Å². The van der Waals surface area contributed by atoms with E-state index in [9.17, 15) is 0 Å². The van der Waals surface area contributed by atoms with Crippen LogP contribution in [0.3, 0.4) is 0 Å². The van der Waals surface area contributed by atoms with Gasteiger partial charge in [-0.05, 0) is 13.8 Å². The molecule has 1 atom stereocenters. The summed E-state index contributed by atoms with van der Waals surface area (Å²) in [5.41, 5.74) is 0. The first kappa shape index (κ1) is 8.77. The Bertz CT molecular complexity index is 163. The van der Waals surface area contributed by atoms with Crippen LogP contribution in [-0.2, 0) is 0 Å². The van der Waals surface area contributed by atoms with E-state index in [1.165, 1.54) is 6.08 Å². The molecule has 54 valence electrons. The SMILES string of the molecule is C/C=C\C(C)N/C=C/C#N. The van der Waals surface area contributed by atoms with E-state index in [2.05, 4.69) is 5.32 Å². The molecule has 0 aliphatic carbocycles. The zero-order chi connectivity index (χ0) is 7.82. The van der Waals surface area contributed by atoms with Gasteiger partial charge >= 0.3 is 0 Å². The summed E-state index contributed by atoms with van der Waals surface area (Å²) in [6.07, 6.45) is 7.05. The third-order valence-corrected chi connectivity index (χ3v) is 0.998. The second kappa shape index (κ2) is 5.90. The van der Waals surface area contributed by atoms with Crippen molar-refractivity contribution in [2.75, 3.05) is 0 Å². The topological polar surface area (TPSA) is 35.8 Å². The van der Waals surface area contributed by atoms with Gasteiger partial charge in [-0.1, -0.05) is 12.2 Å². The number of hydrogen-bond donors (Lipinski definition) is 1. The number of nitrogens with one attached hydrogen (secondary N) is 1. The van der Waals surface area contributed by atoms with E-state index in [-0.39, 0.29) is 0 Å². The molecule has 0 rings (SSSR count). The molecule has 2 heteroatoms. The minimum absolute atomic E-state index is 0.301. The van der Waals surface area contributed by atoms with E-state index < -0.39 is 0 Å². The second-order valence-electron chi connectivity index (χ2n) is 1.94. The van der Waals surface area contributed by atoms with Crippen molar-refractivity contribution in [3.8, 4) is 6.07 Å². The summed E-state index contributed by atoms with van der Waals surface area (Å²) in [6.45, 7) is 3.98. The van der Waals surface area contributed by atoms with Gasteiger partial charge in [0.2, 0.25) is 0 Å². The van der Waals surface area contributed by atoms with Gasteiger partial charge in [0, 0.05) is 18.3 Å². The fourth-order valence-electron chi connectivity index (χ4n) is 0.581. The van der Waals surface area contributed by atoms with Crippen LogP contribution in [0, 0.1) is 11.3 Å². The highest BCUT2D eigenvalue weighted by molar-refractivity contribution is 5.02. The van der Waals surface area contributed by atoms with E-state index in [1.54, 1.807) is 6.20 Å². The lowest BCUT2D eigenvalue weighted by Crippen LogP contribution is -2.16. The molecule has 0 spiro atoms. The molecule has 0 aliphatic heterocycles. The second-order valence-corrected chi connectivity index (χ2v) is 1.94. The summed E-state index contributed by atoms with van der Waals surface area (Å²) in [4.78, 5) is 0. The van der Waals surface area contributed by atoms with Crippen molar-refractivity contribution < 1.29 is 0 Å². The lowest BCUT2D eigenvalue weighted by molar-refractivity contribution is 0.769. The molecule has 1 unspecified atom stereocenters. The Labute approximate surface area is 61.9 Å². The fourth-order valence-corrected chi connectivity index (χ4v) is 0.581. The molecule has 0 radical (unpaired) electrons. The number of hydrogen-bond acceptors (Lipinski definition) is 2. The highest BCUT2D eigenvalue weighted by Gasteiger charge is 1.86. The van der Waals surface area contributed by atoms with Gasteiger partial charge in [-0.3, -0.25) is 0 Å². The minimum atomic E-state index is 0.301. The van der Waals surface area contributed by atoms with Crippen LogP contribution in [-0.4, -0.2) is 6.04 Å². The molecular formula is C8H12N2. The van der Waals surface area contributed by atoms with Crippen molar-refractivity contribution in [2.24, 2.45) is 0 Å². The maximum absolute atomic E-state index is 8.11. The van der Waals surface area contributed by atoms with Crippen LogP contribution < -0.4 is 5.32 Å². The van der Waals surface area contributed by atoms with E-state index in [4.69, 9.17) is 5.26 Å². The first-order valence-corrected chi connectivity index (χ1v) is 3.24. The lowest BCUT2D eigenvalue weighted by Gasteiger charge is -2.03. The Morgan fingerprint density at radius 3 is 2.80 bits per heavy atom. The third-order valence-electron chi connectivity index (χ3n) is 0.998. The van der Waals surface area contributed by atoms with Gasteiger partial charge in [0.1, 0.15) is 0 Å². The van der Waals surface area contributed by atoms with Crippen LogP contribution in [0.4, 0.5) is 0 Å². The van der Waals surface area contributed by atoms with Gasteiger partial charge in [-0.2, -0.15) is 5.26 Å². The van der Waals surface area contributed by atoms with Crippen molar-refractivity contribution in [3.63, 3.8) is 0 Å². The molecule has 0 aromatic rings. The standard InChI is InChI=1S/C8H12N2/c1-3-5-8(2)10-7-4-6-9/h3-5,7-8,10H,1-2H3/b5-3-,7-4+. The molecular weight excluding hydrogens is 124 g/mol. The maximum atomic E-state index is 8.11. The Morgan fingerprint density at radius 2 is 2.30 bits per heavy atom. The number of rotatable bonds is 3. The Hall–Kier alpha value is -1.23. The van der Waals surface area contributed by atoms with E-state index in [0.717, 1.165) is 0 Å². The number of nitriles is 1. The molecule has 2 nitrogen and oxygen atoms in total. The molecule has 0 fully saturated rings. The Morgan fingerprint density at radius 1 is 1.60 bits per heavy atom. The van der Waals surface area contributed by atoms with Crippen molar-refractivity contribution in [1.82, 2.24) is 5.32 Å². The minimum Gasteiger partial charge on any atom is -0.384 e. The third kappa shape index (κ3) is 4.92. The normalized spacial score (nSPS) is 13.7. The summed E-state index contributed by atoms with van der Waals surface area (Å²) in [5, 5.41) is 11.1. The van der Waals surface area contributed by atoms with Crippen LogP contribution in [0.5, 0.6) is 0 Å². The summed E-state index contributed by atoms with van der Waals surface area (Å²) < 4.78 is 0. The molecule has 0 bridgehead atoms. The molecule has 0 aliphatic rings. The van der Waals surface area contributed by atoms with Crippen LogP contribution in [0.2, 0.25) is 0 Å². The first-order valence-electron chi connectivity index (χ1n) is 3.24. The maximum Gasteiger partial charge on any atom is 0.0927 e. The van der Waals surface area contributed by atoms with Gasteiger partial charge in [-0.25, -0.2) is 0 Å². The average molecular weight is 136 g/mol. The highest BCUT2D eigenvalue weighted by Crippen LogP contribution is 1.82. The van der Waals surface area contributed by atoms with Gasteiger partial charge in [-0.15, -0.1) is 0 Å². The molecule has 0 amide bonds. The molecule has 1 N–H and O–H groups in total. The molecule has 0 saturated heterocycles. The Balaban J connectivity index is 3.50. The van der Waals surface area contributed by atoms with Gasteiger partial charge in [0.05, 0.1) is 6.07 Å². The number of nitrogens with zero attached hydrogens (tertiary/aromatic N) is 1. The largest absolute Gasteiger partial charge is 0.384 e. The molecule has 10 heavy (non-hydrogen) atoms. The van der Waals surface area contributed by atoms with Crippen molar-refractivity contribution in [2.45, 2.75) is 19.9 Å². The summed E-state index contributed by atoms with van der Waals surface area (Å²) >= 11 is 0. The van der Waals surface area contributed by atoms with Crippen molar-refractivity contribution in [1.29, 1.82) is 5.26 Å². The van der Waals surface area contributed by atoms with Crippen LogP contribution >= 0.6 is 0 Å². The smallest absolute Gasteiger partial charge is 0.0927 e. The molecule has 0 aromatic heterocycles. The predicted octanol–water partition coefficient (Wildman–Crippen LogP) is 1.58. The van der Waals surface area contributed by atoms with E-state index >= 15 is 0 Å². The first-order chi connectivity index (χ1) is 4.81. The lowest BCUT2D eigenvalue weighted by atomic mass is 10.3. The summed E-state index contributed by atoms with van der Waals surface area (Å²) in [6, 6.07) is 2.20. The van der Waals surface area contributed by atoms with Crippen LogP contribution in [0.25, 0.3) is 0 Å². The van der Waals surface area contributed by atoms with Crippen molar-refractivity contribution in [3.05, 3.63) is 24.4 Å². The van der Waals surface area contributed by atoms with Gasteiger partial charge in [0.25, 0.3) is 0 Å². The number of allylic oxidation sites excluding steroid dienone is 2. The summed E-state index contributed by atoms with van der Waals surface area (Å²) in [7, 11) is 0. The van der Waals surface area contributed by atoms with E-state index in [1.807, 2.05) is 32.1 Å². The Kier molecular flexibility index (Phi) is 5.17. The predicted molar refractivity (Wildman–Crippen MR) is 42.2 cm³/mol. The quantitative estimate of drug-likeness (QED) is 0.472.